The Morgan fingerprint density at radius 3 is 2.43 bits per heavy atom. The van der Waals surface area contributed by atoms with E-state index in [9.17, 15) is 5.11 Å². The van der Waals surface area contributed by atoms with Crippen molar-refractivity contribution >= 4 is 16.5 Å². The van der Waals surface area contributed by atoms with E-state index in [1.165, 1.54) is 54.1 Å². The topological polar surface area (TPSA) is 23.5 Å². The molecule has 0 radical (unpaired) electrons. The zero-order valence-corrected chi connectivity index (χ0v) is 16.8. The van der Waals surface area contributed by atoms with E-state index in [2.05, 4.69) is 78.6 Å². The molecule has 1 aliphatic rings. The molecule has 2 heteroatoms. The van der Waals surface area contributed by atoms with Crippen LogP contribution < -0.4 is 4.90 Å². The number of aliphatic hydroxyl groups is 1. The van der Waals surface area contributed by atoms with Gasteiger partial charge in [0, 0.05) is 23.7 Å². The SMILES string of the molecule is CCN(c1cccc2ccccc12)C1CCCCC(c2ccc(CO)cc2)C1. The van der Waals surface area contributed by atoms with Gasteiger partial charge in [-0.25, -0.2) is 0 Å². The van der Waals surface area contributed by atoms with Crippen LogP contribution in [0.5, 0.6) is 0 Å². The molecule has 1 saturated carbocycles. The second kappa shape index (κ2) is 8.79. The maximum absolute atomic E-state index is 9.34. The van der Waals surface area contributed by atoms with Gasteiger partial charge < -0.3 is 10.0 Å². The standard InChI is InChI=1S/C26H31NO/c1-2-27(26-13-7-10-22-8-4-6-12-25(22)26)24-11-5-3-9-23(18-24)21-16-14-20(19-28)15-17-21/h4,6-8,10,12-17,23-24,28H,2-3,5,9,11,18-19H2,1H3. The summed E-state index contributed by atoms with van der Waals surface area (Å²) in [6.07, 6.45) is 6.34. The number of nitrogens with zero attached hydrogens (tertiary/aromatic N) is 1. The monoisotopic (exact) mass is 373 g/mol. The van der Waals surface area contributed by atoms with Crippen molar-refractivity contribution in [3.8, 4) is 0 Å². The molecule has 2 nitrogen and oxygen atoms in total. The first kappa shape index (κ1) is 19.0. The van der Waals surface area contributed by atoms with Gasteiger partial charge in [0.2, 0.25) is 0 Å². The molecule has 2 unspecified atom stereocenters. The summed E-state index contributed by atoms with van der Waals surface area (Å²) in [5, 5.41) is 12.0. The van der Waals surface area contributed by atoms with Crippen LogP contribution in [-0.4, -0.2) is 17.7 Å². The minimum absolute atomic E-state index is 0.123. The van der Waals surface area contributed by atoms with Crippen LogP contribution in [0.25, 0.3) is 10.8 Å². The van der Waals surface area contributed by atoms with Gasteiger partial charge in [-0.15, -0.1) is 0 Å². The molecule has 1 aliphatic carbocycles. The third kappa shape index (κ3) is 3.93. The number of rotatable bonds is 5. The molecular weight excluding hydrogens is 342 g/mol. The van der Waals surface area contributed by atoms with Crippen molar-refractivity contribution < 1.29 is 5.11 Å². The fourth-order valence-electron chi connectivity index (χ4n) is 4.90. The van der Waals surface area contributed by atoms with Gasteiger partial charge in [0.25, 0.3) is 0 Å². The minimum atomic E-state index is 0.123. The third-order valence-corrected chi connectivity index (χ3v) is 6.39. The summed E-state index contributed by atoms with van der Waals surface area (Å²) in [7, 11) is 0. The molecule has 1 N–H and O–H groups in total. The van der Waals surface area contributed by atoms with E-state index in [0.29, 0.717) is 12.0 Å². The molecule has 4 rings (SSSR count). The minimum Gasteiger partial charge on any atom is -0.392 e. The Morgan fingerprint density at radius 2 is 1.64 bits per heavy atom. The van der Waals surface area contributed by atoms with E-state index in [-0.39, 0.29) is 6.61 Å². The zero-order chi connectivity index (χ0) is 19.3. The van der Waals surface area contributed by atoms with Crippen LogP contribution in [0, 0.1) is 0 Å². The lowest BCUT2D eigenvalue weighted by Crippen LogP contribution is -2.36. The maximum Gasteiger partial charge on any atom is 0.0681 e. The van der Waals surface area contributed by atoms with Gasteiger partial charge in [-0.2, -0.15) is 0 Å². The first-order valence-corrected chi connectivity index (χ1v) is 10.7. The highest BCUT2D eigenvalue weighted by molar-refractivity contribution is 5.94. The summed E-state index contributed by atoms with van der Waals surface area (Å²) in [5.41, 5.74) is 3.81. The Morgan fingerprint density at radius 1 is 0.893 bits per heavy atom. The van der Waals surface area contributed by atoms with Crippen LogP contribution in [0.1, 0.15) is 56.1 Å². The van der Waals surface area contributed by atoms with Crippen molar-refractivity contribution in [1.82, 2.24) is 0 Å². The molecule has 0 aromatic heterocycles. The van der Waals surface area contributed by atoms with Crippen LogP contribution in [0.4, 0.5) is 5.69 Å². The summed E-state index contributed by atoms with van der Waals surface area (Å²) in [6, 6.07) is 24.6. The van der Waals surface area contributed by atoms with Gasteiger partial charge >= 0.3 is 0 Å². The molecule has 1 fully saturated rings. The quantitative estimate of drug-likeness (QED) is 0.532. The average molecular weight is 374 g/mol. The lowest BCUT2D eigenvalue weighted by atomic mass is 9.89. The zero-order valence-electron chi connectivity index (χ0n) is 16.8. The first-order valence-electron chi connectivity index (χ1n) is 10.7. The van der Waals surface area contributed by atoms with Crippen LogP contribution in [0.3, 0.4) is 0 Å². The molecule has 0 amide bonds. The van der Waals surface area contributed by atoms with Crippen molar-refractivity contribution in [2.75, 3.05) is 11.4 Å². The summed E-state index contributed by atoms with van der Waals surface area (Å²) in [6.45, 7) is 3.45. The summed E-state index contributed by atoms with van der Waals surface area (Å²) < 4.78 is 0. The predicted molar refractivity (Wildman–Crippen MR) is 119 cm³/mol. The number of aliphatic hydroxyl groups excluding tert-OH is 1. The van der Waals surface area contributed by atoms with Crippen LogP contribution in [-0.2, 0) is 6.61 Å². The van der Waals surface area contributed by atoms with Crippen molar-refractivity contribution in [3.05, 3.63) is 77.9 Å². The van der Waals surface area contributed by atoms with E-state index in [1.54, 1.807) is 0 Å². The lowest BCUT2D eigenvalue weighted by molar-refractivity contribution is 0.282. The van der Waals surface area contributed by atoms with Crippen LogP contribution >= 0.6 is 0 Å². The smallest absolute Gasteiger partial charge is 0.0681 e. The molecule has 0 spiro atoms. The van der Waals surface area contributed by atoms with Crippen LogP contribution in [0.2, 0.25) is 0 Å². The molecule has 3 aromatic rings. The predicted octanol–water partition coefficient (Wildman–Crippen LogP) is 6.27. The number of hydrogen-bond donors (Lipinski definition) is 1. The normalized spacial score (nSPS) is 20.1. The Hall–Kier alpha value is -2.32. The lowest BCUT2D eigenvalue weighted by Gasteiger charge is -2.35. The van der Waals surface area contributed by atoms with Gasteiger partial charge in [0.1, 0.15) is 0 Å². The molecule has 2 atom stereocenters. The fraction of sp³-hybridized carbons (Fsp3) is 0.385. The molecule has 28 heavy (non-hydrogen) atoms. The molecular formula is C26H31NO. The van der Waals surface area contributed by atoms with Crippen molar-refractivity contribution in [2.45, 2.75) is 57.6 Å². The highest BCUT2D eigenvalue weighted by Gasteiger charge is 2.26. The second-order valence-corrected chi connectivity index (χ2v) is 8.05. The van der Waals surface area contributed by atoms with E-state index in [0.717, 1.165) is 12.1 Å². The van der Waals surface area contributed by atoms with Gasteiger partial charge in [-0.1, -0.05) is 73.5 Å². The van der Waals surface area contributed by atoms with E-state index < -0.39 is 0 Å². The molecule has 0 saturated heterocycles. The second-order valence-electron chi connectivity index (χ2n) is 8.05. The van der Waals surface area contributed by atoms with Gasteiger partial charge in [0.15, 0.2) is 0 Å². The highest BCUT2D eigenvalue weighted by atomic mass is 16.3. The first-order chi connectivity index (χ1) is 13.8. The van der Waals surface area contributed by atoms with Gasteiger partial charge in [0.05, 0.1) is 6.61 Å². The van der Waals surface area contributed by atoms with Gasteiger partial charge in [-0.05, 0) is 54.7 Å². The third-order valence-electron chi connectivity index (χ3n) is 6.39. The van der Waals surface area contributed by atoms with E-state index in [1.807, 2.05) is 0 Å². The average Bonchev–Trinajstić information content (AvgIpc) is 3.01. The molecule has 0 heterocycles. The largest absolute Gasteiger partial charge is 0.392 e. The molecule has 3 aromatic carbocycles. The number of benzene rings is 3. The van der Waals surface area contributed by atoms with Crippen molar-refractivity contribution in [2.24, 2.45) is 0 Å². The number of fused-ring (bicyclic) bond motifs is 1. The van der Waals surface area contributed by atoms with Crippen LogP contribution in [0.15, 0.2) is 66.7 Å². The Kier molecular flexibility index (Phi) is 5.97. The molecule has 146 valence electrons. The van der Waals surface area contributed by atoms with E-state index >= 15 is 0 Å². The summed E-state index contributed by atoms with van der Waals surface area (Å²) in [4.78, 5) is 2.64. The summed E-state index contributed by atoms with van der Waals surface area (Å²) >= 11 is 0. The molecule has 0 aliphatic heterocycles. The van der Waals surface area contributed by atoms with Gasteiger partial charge in [-0.3, -0.25) is 0 Å². The maximum atomic E-state index is 9.34. The number of anilines is 1. The summed E-state index contributed by atoms with van der Waals surface area (Å²) in [5.74, 6) is 0.601. The highest BCUT2D eigenvalue weighted by Crippen LogP contribution is 2.37. The number of hydrogen-bond acceptors (Lipinski definition) is 2. The Labute approximate surface area is 168 Å². The Balaban J connectivity index is 1.63. The van der Waals surface area contributed by atoms with Crippen molar-refractivity contribution in [1.29, 1.82) is 0 Å². The Bertz CT molecular complexity index is 896. The van der Waals surface area contributed by atoms with E-state index in [4.69, 9.17) is 0 Å². The van der Waals surface area contributed by atoms with Crippen molar-refractivity contribution in [3.63, 3.8) is 0 Å². The fourth-order valence-corrected chi connectivity index (χ4v) is 4.90. The molecule has 0 bridgehead atoms.